The Morgan fingerprint density at radius 3 is 1.74 bits per heavy atom. The summed E-state index contributed by atoms with van der Waals surface area (Å²) in [7, 11) is -6.00. The highest BCUT2D eigenvalue weighted by Crippen LogP contribution is 2.40. The van der Waals surface area contributed by atoms with Crippen LogP contribution in [0, 0.1) is 6.92 Å². The van der Waals surface area contributed by atoms with Crippen LogP contribution < -0.4 is 21.2 Å². The molecule has 3 heterocycles. The van der Waals surface area contributed by atoms with Crippen molar-refractivity contribution in [2.24, 2.45) is 5.84 Å². The number of aromatic nitrogens is 3. The molecular formula is C46H48BBr2F13N6O6. The average molecular weight is 1200 g/mol. The third-order valence-electron chi connectivity index (χ3n) is 11.0. The van der Waals surface area contributed by atoms with E-state index in [1.807, 2.05) is 45.0 Å². The van der Waals surface area contributed by atoms with Crippen LogP contribution in [0.1, 0.15) is 83.2 Å². The molecule has 406 valence electrons. The molecule has 1 aromatic heterocycles. The number of nitrogens with two attached hydrogens (primary N) is 1. The fraction of sp³-hybridized carbons (Fsp3) is 0.413. The highest BCUT2D eigenvalue weighted by Gasteiger charge is 2.45. The number of anilines is 1. The van der Waals surface area contributed by atoms with Crippen molar-refractivity contribution in [3.8, 4) is 5.69 Å². The molecule has 28 heteroatoms. The summed E-state index contributed by atoms with van der Waals surface area (Å²) in [5.41, 5.74) is 3.66. The molecule has 0 saturated carbocycles. The molecule has 2 aliphatic heterocycles. The summed E-state index contributed by atoms with van der Waals surface area (Å²) in [4.78, 5) is 11.3. The number of carbonyl (C=O) groups is 1. The number of nitrogen functional groups attached to an aromatic ring is 1. The summed E-state index contributed by atoms with van der Waals surface area (Å²) in [5.74, 6) is 5.41. The molecule has 4 unspecified atom stereocenters. The number of amides is 1. The molecule has 4 atom stereocenters. The van der Waals surface area contributed by atoms with E-state index in [0.717, 1.165) is 43.3 Å². The SMILES string of the molecule is CCOC(OCC)OCC.Cc1cc(NN)cc(C(F)(F)F)c1.FC(F)(F)c1cc(-n2c[n+]3c(n2)COC2Cc4ccc(Br)cc4C23)cc(C(F)(F)F)c1.F[B-](F)(F)F.O=C1COC2Cc3ccc(Br)cc3C2N1. The van der Waals surface area contributed by atoms with Gasteiger partial charge in [0.15, 0.2) is 0 Å². The fourth-order valence-electron chi connectivity index (χ4n) is 8.02. The van der Waals surface area contributed by atoms with Gasteiger partial charge in [0.1, 0.15) is 31.0 Å². The first-order valence-corrected chi connectivity index (χ1v) is 23.9. The minimum atomic E-state index is -6.00. The maximum absolute atomic E-state index is 13.2. The molecule has 4 N–H and O–H groups in total. The van der Waals surface area contributed by atoms with Gasteiger partial charge in [0.25, 0.3) is 6.48 Å². The molecule has 12 nitrogen and oxygen atoms in total. The van der Waals surface area contributed by atoms with Crippen LogP contribution in [-0.4, -0.2) is 68.1 Å². The van der Waals surface area contributed by atoms with Crippen molar-refractivity contribution in [2.45, 2.75) is 96.4 Å². The van der Waals surface area contributed by atoms with Crippen molar-refractivity contribution in [3.63, 3.8) is 0 Å². The fourth-order valence-corrected chi connectivity index (χ4v) is 8.77. The summed E-state index contributed by atoms with van der Waals surface area (Å²) in [5, 5.41) is 7.21. The van der Waals surface area contributed by atoms with Crippen LogP contribution in [0.25, 0.3) is 5.69 Å². The smallest absolute Gasteiger partial charge is 0.418 e. The summed E-state index contributed by atoms with van der Waals surface area (Å²) in [6, 6.07) is 16.8. The lowest BCUT2D eigenvalue weighted by Crippen LogP contribution is -2.51. The number of alkyl halides is 9. The van der Waals surface area contributed by atoms with E-state index < -0.39 is 48.9 Å². The molecule has 0 bridgehead atoms. The van der Waals surface area contributed by atoms with E-state index in [1.165, 1.54) is 23.5 Å². The minimum Gasteiger partial charge on any atom is -0.418 e. The lowest BCUT2D eigenvalue weighted by molar-refractivity contribution is -0.739. The van der Waals surface area contributed by atoms with Crippen LogP contribution in [0.15, 0.2) is 88.1 Å². The van der Waals surface area contributed by atoms with Crippen molar-refractivity contribution in [1.82, 2.24) is 15.1 Å². The van der Waals surface area contributed by atoms with Crippen molar-refractivity contribution < 1.29 is 89.8 Å². The Morgan fingerprint density at radius 2 is 1.23 bits per heavy atom. The summed E-state index contributed by atoms with van der Waals surface area (Å²) in [6.07, 6.45) is -11.3. The van der Waals surface area contributed by atoms with Gasteiger partial charge < -0.3 is 51.7 Å². The number of hydrogen-bond acceptors (Lipinski definition) is 9. The summed E-state index contributed by atoms with van der Waals surface area (Å²) >= 11 is 6.88. The van der Waals surface area contributed by atoms with E-state index in [0.29, 0.717) is 49.8 Å². The molecule has 4 aromatic carbocycles. The molecule has 2 aliphatic carbocycles. The van der Waals surface area contributed by atoms with Crippen molar-refractivity contribution >= 4 is 50.7 Å². The zero-order valence-corrected chi connectivity index (χ0v) is 42.6. The number of rotatable bonds is 8. The van der Waals surface area contributed by atoms with E-state index in [-0.39, 0.29) is 60.9 Å². The zero-order chi connectivity index (χ0) is 54.9. The Morgan fingerprint density at radius 1 is 0.743 bits per heavy atom. The second-order valence-electron chi connectivity index (χ2n) is 16.3. The number of ether oxygens (including phenoxy) is 5. The third-order valence-corrected chi connectivity index (χ3v) is 12.0. The molecular weight excluding hydrogens is 1150 g/mol. The molecule has 1 fully saturated rings. The quantitative estimate of drug-likeness (QED) is 0.0347. The number of aryl methyl sites for hydroxylation is 1. The Hall–Kier alpha value is -4.84. The molecule has 1 saturated heterocycles. The number of nitrogens with one attached hydrogen (secondary N) is 2. The van der Waals surface area contributed by atoms with Crippen LogP contribution in [0.5, 0.6) is 0 Å². The van der Waals surface area contributed by atoms with Gasteiger partial charge in [-0.2, -0.15) is 39.5 Å². The maximum Gasteiger partial charge on any atom is 0.673 e. The Bertz CT molecular complexity index is 2640. The predicted octanol–water partition coefficient (Wildman–Crippen LogP) is 11.5. The van der Waals surface area contributed by atoms with Gasteiger partial charge in [-0.1, -0.05) is 48.7 Å². The van der Waals surface area contributed by atoms with Gasteiger partial charge in [0.2, 0.25) is 12.2 Å². The highest BCUT2D eigenvalue weighted by molar-refractivity contribution is 9.10. The van der Waals surface area contributed by atoms with Crippen molar-refractivity contribution in [3.05, 3.63) is 138 Å². The predicted molar refractivity (Wildman–Crippen MR) is 250 cm³/mol. The van der Waals surface area contributed by atoms with Gasteiger partial charge in [-0.05, 0) is 116 Å². The number of morpholine rings is 1. The van der Waals surface area contributed by atoms with Gasteiger partial charge in [-0.3, -0.25) is 10.6 Å². The number of hydrazine groups is 1. The molecule has 4 aliphatic rings. The number of nitrogens with zero attached hydrogens (tertiary/aromatic N) is 3. The Labute approximate surface area is 432 Å². The number of halogens is 15. The van der Waals surface area contributed by atoms with Crippen LogP contribution in [-0.2, 0) is 66.5 Å². The number of fused-ring (bicyclic) bond motifs is 8. The van der Waals surface area contributed by atoms with Crippen LogP contribution >= 0.6 is 31.9 Å². The van der Waals surface area contributed by atoms with Crippen molar-refractivity contribution in [1.29, 1.82) is 0 Å². The van der Waals surface area contributed by atoms with E-state index >= 15 is 0 Å². The lowest BCUT2D eigenvalue weighted by atomic mass is 10.1. The van der Waals surface area contributed by atoms with Gasteiger partial charge in [-0.25, -0.2) is 4.57 Å². The Kier molecular flexibility index (Phi) is 20.6. The summed E-state index contributed by atoms with van der Waals surface area (Å²) < 4.78 is 186. The Balaban J connectivity index is 0.000000197. The number of carbonyl (C=O) groups excluding carboxylic acids is 1. The number of hydrogen-bond donors (Lipinski definition) is 3. The second-order valence-corrected chi connectivity index (χ2v) is 18.1. The lowest BCUT2D eigenvalue weighted by Gasteiger charge is -2.27. The van der Waals surface area contributed by atoms with Crippen LogP contribution in [0.2, 0.25) is 0 Å². The topological polar surface area (TPSA) is 135 Å². The van der Waals surface area contributed by atoms with Gasteiger partial charge in [-0.15, -0.1) is 0 Å². The standard InChI is InChI=1S/C20H13BrF6N3O.C11H10BrNO2.C8H9F3N2.C7H16O3.BF4/c21-13-2-1-10-3-16-18(15(10)7-13)29-9-30(28-17(29)8-31-16)14-5-11(19(22,23)24)4-12(6-14)20(25,26)27;12-7-2-1-6-3-9-11(8(6)4-7)13-10(14)5-15-9;1-5-2-6(8(9,10)11)4-7(3-5)13-12;1-4-8-7(9-5-2)10-6-3;2-1(3,4)5/h1-2,4-7,9,16,18H,3,8H2;1-2,4,9,11H,3,5H2,(H,13,14);2-4,13H,12H2,1H3;7H,4-6H2,1-3H3;/q+1;;;;-1. The third kappa shape index (κ3) is 16.8. The monoisotopic (exact) mass is 1200 g/mol. The van der Waals surface area contributed by atoms with Crippen LogP contribution in [0.4, 0.5) is 62.5 Å². The number of benzene rings is 4. The molecule has 1 amide bonds. The van der Waals surface area contributed by atoms with E-state index in [4.69, 9.17) is 29.5 Å². The largest absolute Gasteiger partial charge is 0.673 e. The maximum atomic E-state index is 13.2. The van der Waals surface area contributed by atoms with Crippen LogP contribution in [0.3, 0.4) is 0 Å². The van der Waals surface area contributed by atoms with E-state index in [9.17, 15) is 61.6 Å². The molecule has 0 radical (unpaired) electrons. The van der Waals surface area contributed by atoms with E-state index in [2.05, 4.69) is 59.8 Å². The minimum absolute atomic E-state index is 0.0240. The second kappa shape index (κ2) is 25.3. The average Bonchev–Trinajstić information content (AvgIpc) is 4.01. The molecule has 5 aromatic rings. The zero-order valence-electron chi connectivity index (χ0n) is 39.5. The first-order chi connectivity index (χ1) is 34.5. The first kappa shape index (κ1) is 60.0. The molecule has 0 spiro atoms. The molecule has 9 rings (SSSR count). The highest BCUT2D eigenvalue weighted by atomic mass is 79.9. The first-order valence-electron chi connectivity index (χ1n) is 22.3. The summed E-state index contributed by atoms with van der Waals surface area (Å²) in [6.45, 7) is 8.97. The van der Waals surface area contributed by atoms with E-state index in [1.54, 1.807) is 11.5 Å². The van der Waals surface area contributed by atoms with Crippen molar-refractivity contribution in [2.75, 3.05) is 31.9 Å². The van der Waals surface area contributed by atoms with Gasteiger partial charge >= 0.3 is 31.6 Å². The van der Waals surface area contributed by atoms with Gasteiger partial charge in [0, 0.05) is 52.4 Å². The molecule has 74 heavy (non-hydrogen) atoms. The van der Waals surface area contributed by atoms with Gasteiger partial charge in [0.05, 0.1) is 28.8 Å². The normalized spacial score (nSPS) is 18.5.